The molecule has 6 heteroatoms. The summed E-state index contributed by atoms with van der Waals surface area (Å²) in [5.74, 6) is 1.83. The van der Waals surface area contributed by atoms with Gasteiger partial charge in [0.1, 0.15) is 23.4 Å². The lowest BCUT2D eigenvalue weighted by Gasteiger charge is -2.07. The van der Waals surface area contributed by atoms with E-state index in [1.54, 1.807) is 7.11 Å². The van der Waals surface area contributed by atoms with E-state index < -0.39 is 0 Å². The maximum Gasteiger partial charge on any atom is 0.183 e. The van der Waals surface area contributed by atoms with Crippen molar-refractivity contribution in [3.05, 3.63) is 30.1 Å². The van der Waals surface area contributed by atoms with Gasteiger partial charge in [-0.15, -0.1) is 0 Å². The first kappa shape index (κ1) is 12.4. The molecule has 0 saturated heterocycles. The third-order valence-electron chi connectivity index (χ3n) is 3.24. The van der Waals surface area contributed by atoms with Crippen molar-refractivity contribution in [2.24, 2.45) is 0 Å². The Hall–Kier alpha value is -2.63. The molecule has 20 heavy (non-hydrogen) atoms. The molecule has 0 atom stereocenters. The minimum absolute atomic E-state index is 0.388. The van der Waals surface area contributed by atoms with Crippen molar-refractivity contribution in [1.29, 1.82) is 0 Å². The lowest BCUT2D eigenvalue weighted by molar-refractivity contribution is 0.416. The number of aromatic nitrogens is 4. The van der Waals surface area contributed by atoms with Gasteiger partial charge >= 0.3 is 0 Å². The van der Waals surface area contributed by atoms with Crippen molar-refractivity contribution >= 4 is 17.0 Å². The van der Waals surface area contributed by atoms with Crippen LogP contribution in [-0.2, 0) is 6.42 Å². The predicted octanol–water partition coefficient (Wildman–Crippen LogP) is 2.17. The number of ether oxygens (including phenoxy) is 1. The number of hydrogen-bond donors (Lipinski definition) is 2. The highest BCUT2D eigenvalue weighted by Crippen LogP contribution is 2.30. The van der Waals surface area contributed by atoms with Gasteiger partial charge in [-0.3, -0.25) is 0 Å². The second-order valence-corrected chi connectivity index (χ2v) is 4.43. The van der Waals surface area contributed by atoms with E-state index >= 15 is 0 Å². The molecule has 2 heterocycles. The largest absolute Gasteiger partial charge is 0.496 e. The zero-order chi connectivity index (χ0) is 14.1. The highest BCUT2D eigenvalue weighted by atomic mass is 16.5. The second kappa shape index (κ2) is 4.80. The van der Waals surface area contributed by atoms with Crippen LogP contribution in [-0.4, -0.2) is 27.0 Å². The summed E-state index contributed by atoms with van der Waals surface area (Å²) in [7, 11) is 1.64. The molecule has 0 radical (unpaired) electrons. The van der Waals surface area contributed by atoms with Gasteiger partial charge < -0.3 is 15.5 Å². The van der Waals surface area contributed by atoms with Gasteiger partial charge in [-0.25, -0.2) is 15.0 Å². The van der Waals surface area contributed by atoms with Crippen LogP contribution in [0.25, 0.3) is 22.6 Å². The van der Waals surface area contributed by atoms with E-state index in [1.807, 2.05) is 12.1 Å². The number of anilines is 1. The highest BCUT2D eigenvalue weighted by Gasteiger charge is 2.13. The Morgan fingerprint density at radius 2 is 2.15 bits per heavy atom. The van der Waals surface area contributed by atoms with Crippen LogP contribution in [0.1, 0.15) is 12.5 Å². The van der Waals surface area contributed by atoms with Gasteiger partial charge in [0.2, 0.25) is 0 Å². The summed E-state index contributed by atoms with van der Waals surface area (Å²) >= 11 is 0. The van der Waals surface area contributed by atoms with Crippen molar-refractivity contribution in [1.82, 2.24) is 19.9 Å². The van der Waals surface area contributed by atoms with Crippen molar-refractivity contribution in [3.63, 3.8) is 0 Å². The summed E-state index contributed by atoms with van der Waals surface area (Å²) < 4.78 is 5.40. The topological polar surface area (TPSA) is 89.7 Å². The number of fused-ring (bicyclic) bond motifs is 1. The molecule has 0 amide bonds. The van der Waals surface area contributed by atoms with Gasteiger partial charge in [0, 0.05) is 0 Å². The lowest BCUT2D eigenvalue weighted by atomic mass is 10.1. The molecule has 0 saturated carbocycles. The standard InChI is InChI=1S/C14H15N5O/c1-3-8-4-5-10(20-2)9(6-8)13-18-11-12(15)16-7-17-14(11)19-13/h4-7H,3H2,1-2H3,(H3,15,16,17,18,19). The van der Waals surface area contributed by atoms with Gasteiger partial charge in [-0.05, 0) is 24.1 Å². The first-order valence-electron chi connectivity index (χ1n) is 6.36. The summed E-state index contributed by atoms with van der Waals surface area (Å²) in [5, 5.41) is 0. The summed E-state index contributed by atoms with van der Waals surface area (Å²) in [6, 6.07) is 6.04. The molecule has 0 fully saturated rings. The number of methoxy groups -OCH3 is 1. The normalized spacial score (nSPS) is 10.9. The van der Waals surface area contributed by atoms with Crippen molar-refractivity contribution in [2.75, 3.05) is 12.8 Å². The van der Waals surface area contributed by atoms with E-state index in [0.29, 0.717) is 22.8 Å². The van der Waals surface area contributed by atoms with E-state index in [4.69, 9.17) is 10.5 Å². The number of hydrogen-bond acceptors (Lipinski definition) is 5. The van der Waals surface area contributed by atoms with Gasteiger partial charge in [0.25, 0.3) is 0 Å². The quantitative estimate of drug-likeness (QED) is 0.760. The molecular formula is C14H15N5O. The molecular weight excluding hydrogens is 254 g/mol. The minimum atomic E-state index is 0.388. The fourth-order valence-electron chi connectivity index (χ4n) is 2.13. The molecule has 6 nitrogen and oxygen atoms in total. The number of nitrogens with one attached hydrogen (secondary N) is 1. The zero-order valence-corrected chi connectivity index (χ0v) is 11.3. The molecule has 3 N–H and O–H groups in total. The number of rotatable bonds is 3. The van der Waals surface area contributed by atoms with Crippen molar-refractivity contribution in [3.8, 4) is 17.1 Å². The molecule has 0 spiro atoms. The van der Waals surface area contributed by atoms with Crippen LogP contribution in [0, 0.1) is 0 Å². The van der Waals surface area contributed by atoms with Gasteiger partial charge in [-0.2, -0.15) is 0 Å². The van der Waals surface area contributed by atoms with Crippen LogP contribution < -0.4 is 10.5 Å². The summed E-state index contributed by atoms with van der Waals surface area (Å²) in [6.07, 6.45) is 2.35. The summed E-state index contributed by atoms with van der Waals surface area (Å²) in [4.78, 5) is 15.7. The zero-order valence-electron chi connectivity index (χ0n) is 11.3. The van der Waals surface area contributed by atoms with Gasteiger partial charge in [0.15, 0.2) is 11.5 Å². The fraction of sp³-hybridized carbons (Fsp3) is 0.214. The SMILES string of the molecule is CCc1ccc(OC)c(-c2nc3ncnc(N)c3[nH]2)c1. The van der Waals surface area contributed by atoms with Crippen LogP contribution in [0.2, 0.25) is 0 Å². The number of aryl methyl sites for hydroxylation is 1. The Balaban J connectivity index is 2.21. The maximum atomic E-state index is 5.82. The van der Waals surface area contributed by atoms with Crippen molar-refractivity contribution < 1.29 is 4.74 Å². The van der Waals surface area contributed by atoms with Crippen LogP contribution >= 0.6 is 0 Å². The van der Waals surface area contributed by atoms with E-state index in [2.05, 4.69) is 32.9 Å². The maximum absolute atomic E-state index is 5.82. The first-order chi connectivity index (χ1) is 9.72. The number of nitrogens with two attached hydrogens (primary N) is 1. The highest BCUT2D eigenvalue weighted by molar-refractivity contribution is 5.85. The molecule has 1 aromatic carbocycles. The smallest absolute Gasteiger partial charge is 0.183 e. The van der Waals surface area contributed by atoms with E-state index in [-0.39, 0.29) is 0 Å². The van der Waals surface area contributed by atoms with Crippen LogP contribution in [0.15, 0.2) is 24.5 Å². The molecule has 0 unspecified atom stereocenters. The fourth-order valence-corrected chi connectivity index (χ4v) is 2.13. The summed E-state index contributed by atoms with van der Waals surface area (Å²) in [5.41, 5.74) is 9.12. The number of nitrogens with zero attached hydrogens (tertiary/aromatic N) is 3. The third kappa shape index (κ3) is 1.95. The number of aromatic amines is 1. The molecule has 3 rings (SSSR count). The van der Waals surface area contributed by atoms with Crippen LogP contribution in [0.5, 0.6) is 5.75 Å². The van der Waals surface area contributed by atoms with Gasteiger partial charge in [0.05, 0.1) is 12.7 Å². The molecule has 0 aliphatic carbocycles. The van der Waals surface area contributed by atoms with Crippen molar-refractivity contribution in [2.45, 2.75) is 13.3 Å². The Labute approximate surface area is 116 Å². The molecule has 0 bridgehead atoms. The molecule has 3 aromatic rings. The number of benzene rings is 1. The first-order valence-corrected chi connectivity index (χ1v) is 6.36. The van der Waals surface area contributed by atoms with E-state index in [9.17, 15) is 0 Å². The lowest BCUT2D eigenvalue weighted by Crippen LogP contribution is -1.92. The van der Waals surface area contributed by atoms with E-state index in [1.165, 1.54) is 11.9 Å². The average molecular weight is 269 g/mol. The molecule has 2 aromatic heterocycles. The minimum Gasteiger partial charge on any atom is -0.496 e. The Morgan fingerprint density at radius 3 is 2.85 bits per heavy atom. The Morgan fingerprint density at radius 1 is 1.30 bits per heavy atom. The van der Waals surface area contributed by atoms with Crippen LogP contribution in [0.4, 0.5) is 5.82 Å². The average Bonchev–Trinajstić information content (AvgIpc) is 2.92. The van der Waals surface area contributed by atoms with Crippen LogP contribution in [0.3, 0.4) is 0 Å². The van der Waals surface area contributed by atoms with E-state index in [0.717, 1.165) is 17.7 Å². The summed E-state index contributed by atoms with van der Waals surface area (Å²) in [6.45, 7) is 2.10. The molecule has 0 aliphatic heterocycles. The Kier molecular flexibility index (Phi) is 2.98. The molecule has 102 valence electrons. The Bertz CT molecular complexity index is 765. The number of nitrogen functional groups attached to an aromatic ring is 1. The number of imidazole rings is 1. The predicted molar refractivity (Wildman–Crippen MR) is 77.5 cm³/mol. The third-order valence-corrected chi connectivity index (χ3v) is 3.24. The van der Waals surface area contributed by atoms with Gasteiger partial charge in [-0.1, -0.05) is 13.0 Å². The second-order valence-electron chi connectivity index (χ2n) is 4.43. The molecule has 0 aliphatic rings. The number of H-pyrrole nitrogens is 1. The monoisotopic (exact) mass is 269 g/mol.